The SMILES string of the molecule is O=C(O[C@H](c1ccccc1)c1ccncc1)[C@H]1COCCO1. The van der Waals surface area contributed by atoms with Crippen LogP contribution in [0.4, 0.5) is 0 Å². The zero-order valence-electron chi connectivity index (χ0n) is 12.1. The topological polar surface area (TPSA) is 57.7 Å². The first-order chi connectivity index (χ1) is 10.8. The third kappa shape index (κ3) is 3.50. The van der Waals surface area contributed by atoms with E-state index in [0.29, 0.717) is 13.2 Å². The molecule has 1 fully saturated rings. The first kappa shape index (κ1) is 14.7. The van der Waals surface area contributed by atoms with E-state index in [1.54, 1.807) is 12.4 Å². The maximum absolute atomic E-state index is 12.3. The summed E-state index contributed by atoms with van der Waals surface area (Å²) >= 11 is 0. The monoisotopic (exact) mass is 299 g/mol. The average Bonchev–Trinajstić information content (AvgIpc) is 2.62. The van der Waals surface area contributed by atoms with E-state index in [-0.39, 0.29) is 6.61 Å². The molecule has 2 atom stereocenters. The summed E-state index contributed by atoms with van der Waals surface area (Å²) in [5.41, 5.74) is 1.77. The molecule has 0 spiro atoms. The largest absolute Gasteiger partial charge is 0.451 e. The van der Waals surface area contributed by atoms with Crippen molar-refractivity contribution in [3.8, 4) is 0 Å². The van der Waals surface area contributed by atoms with E-state index < -0.39 is 18.2 Å². The number of carbonyl (C=O) groups is 1. The van der Waals surface area contributed by atoms with Gasteiger partial charge in [-0.2, -0.15) is 0 Å². The van der Waals surface area contributed by atoms with Gasteiger partial charge in [-0.3, -0.25) is 4.98 Å². The predicted octanol–water partition coefficient (Wildman–Crippen LogP) is 2.13. The molecule has 5 nitrogen and oxygen atoms in total. The summed E-state index contributed by atoms with van der Waals surface area (Å²) in [5.74, 6) is -0.412. The molecule has 1 aromatic carbocycles. The van der Waals surface area contributed by atoms with E-state index in [4.69, 9.17) is 14.2 Å². The van der Waals surface area contributed by atoms with Crippen LogP contribution in [0.1, 0.15) is 17.2 Å². The minimum Gasteiger partial charge on any atom is -0.451 e. The molecule has 22 heavy (non-hydrogen) atoms. The van der Waals surface area contributed by atoms with Crippen molar-refractivity contribution in [1.29, 1.82) is 0 Å². The second kappa shape index (κ2) is 7.15. The average molecular weight is 299 g/mol. The Bertz CT molecular complexity index is 557. The number of hydrogen-bond acceptors (Lipinski definition) is 5. The fourth-order valence-electron chi connectivity index (χ4n) is 2.31. The maximum atomic E-state index is 12.3. The molecule has 3 rings (SSSR count). The van der Waals surface area contributed by atoms with Gasteiger partial charge in [0, 0.05) is 18.0 Å². The molecule has 0 aliphatic carbocycles. The van der Waals surface area contributed by atoms with Gasteiger partial charge in [0.05, 0.1) is 19.8 Å². The van der Waals surface area contributed by atoms with Crippen LogP contribution >= 0.6 is 0 Å². The van der Waals surface area contributed by atoms with Crippen molar-refractivity contribution in [3.63, 3.8) is 0 Å². The van der Waals surface area contributed by atoms with E-state index in [0.717, 1.165) is 11.1 Å². The molecule has 1 aliphatic rings. The molecule has 114 valence electrons. The Kier molecular flexibility index (Phi) is 4.78. The van der Waals surface area contributed by atoms with Crippen LogP contribution in [0.3, 0.4) is 0 Å². The third-order valence-corrected chi connectivity index (χ3v) is 3.42. The number of hydrogen-bond donors (Lipinski definition) is 0. The molecule has 0 saturated carbocycles. The summed E-state index contributed by atoms with van der Waals surface area (Å²) in [6, 6.07) is 13.3. The van der Waals surface area contributed by atoms with Gasteiger partial charge < -0.3 is 14.2 Å². The first-order valence-corrected chi connectivity index (χ1v) is 7.19. The molecule has 1 aromatic heterocycles. The number of pyridine rings is 1. The van der Waals surface area contributed by atoms with Crippen molar-refractivity contribution in [3.05, 3.63) is 66.0 Å². The number of ether oxygens (including phenoxy) is 3. The molecule has 0 amide bonds. The molecule has 2 heterocycles. The van der Waals surface area contributed by atoms with Gasteiger partial charge in [0.1, 0.15) is 0 Å². The summed E-state index contributed by atoms with van der Waals surface area (Å²) in [6.45, 7) is 1.15. The standard InChI is InChI=1S/C17H17NO4/c19-17(15-12-20-10-11-21-15)22-16(13-4-2-1-3-5-13)14-6-8-18-9-7-14/h1-9,15-16H,10-12H2/t15-,16-/m1/s1. The molecule has 5 heteroatoms. The zero-order chi connectivity index (χ0) is 15.2. The number of aromatic nitrogens is 1. The van der Waals surface area contributed by atoms with Crippen molar-refractivity contribution < 1.29 is 19.0 Å². The van der Waals surface area contributed by atoms with Gasteiger partial charge in [-0.25, -0.2) is 4.79 Å². The van der Waals surface area contributed by atoms with Gasteiger partial charge in [-0.15, -0.1) is 0 Å². The van der Waals surface area contributed by atoms with Gasteiger partial charge in [0.2, 0.25) is 0 Å². The summed E-state index contributed by atoms with van der Waals surface area (Å²) in [6.07, 6.45) is 2.21. The van der Waals surface area contributed by atoms with Crippen molar-refractivity contribution in [1.82, 2.24) is 4.98 Å². The molecular formula is C17H17NO4. The zero-order valence-corrected chi connectivity index (χ0v) is 12.1. The Balaban J connectivity index is 1.81. The molecule has 0 N–H and O–H groups in total. The fourth-order valence-corrected chi connectivity index (χ4v) is 2.31. The number of benzene rings is 1. The fraction of sp³-hybridized carbons (Fsp3) is 0.294. The lowest BCUT2D eigenvalue weighted by atomic mass is 10.0. The number of carbonyl (C=O) groups excluding carboxylic acids is 1. The van der Waals surface area contributed by atoms with Gasteiger partial charge in [0.25, 0.3) is 0 Å². The lowest BCUT2D eigenvalue weighted by Crippen LogP contribution is -2.37. The number of esters is 1. The van der Waals surface area contributed by atoms with E-state index in [1.165, 1.54) is 0 Å². The van der Waals surface area contributed by atoms with Gasteiger partial charge in [-0.1, -0.05) is 30.3 Å². The van der Waals surface area contributed by atoms with Crippen LogP contribution in [0.5, 0.6) is 0 Å². The second-order valence-corrected chi connectivity index (χ2v) is 4.94. The summed E-state index contributed by atoms with van der Waals surface area (Å²) in [7, 11) is 0. The highest BCUT2D eigenvalue weighted by Crippen LogP contribution is 2.26. The minimum atomic E-state index is -0.665. The number of rotatable bonds is 4. The van der Waals surface area contributed by atoms with Crippen LogP contribution in [0, 0.1) is 0 Å². The summed E-state index contributed by atoms with van der Waals surface area (Å²) in [4.78, 5) is 16.3. The molecule has 2 aromatic rings. The van der Waals surface area contributed by atoms with Crippen molar-refractivity contribution in [2.24, 2.45) is 0 Å². The lowest BCUT2D eigenvalue weighted by Gasteiger charge is -2.25. The Hall–Kier alpha value is -2.24. The molecular weight excluding hydrogens is 282 g/mol. The van der Waals surface area contributed by atoms with Crippen LogP contribution in [0.15, 0.2) is 54.9 Å². The van der Waals surface area contributed by atoms with Gasteiger partial charge in [-0.05, 0) is 17.7 Å². The molecule has 1 saturated heterocycles. The Morgan fingerprint density at radius 3 is 2.50 bits per heavy atom. The second-order valence-electron chi connectivity index (χ2n) is 4.94. The smallest absolute Gasteiger partial charge is 0.338 e. The molecule has 0 bridgehead atoms. The Labute approximate surface area is 128 Å². The van der Waals surface area contributed by atoms with Gasteiger partial charge >= 0.3 is 5.97 Å². The van der Waals surface area contributed by atoms with Crippen molar-refractivity contribution in [2.45, 2.75) is 12.2 Å². The van der Waals surface area contributed by atoms with Crippen molar-refractivity contribution >= 4 is 5.97 Å². The van der Waals surface area contributed by atoms with E-state index in [2.05, 4.69) is 4.98 Å². The molecule has 0 radical (unpaired) electrons. The first-order valence-electron chi connectivity index (χ1n) is 7.19. The Morgan fingerprint density at radius 1 is 1.09 bits per heavy atom. The number of nitrogens with zero attached hydrogens (tertiary/aromatic N) is 1. The minimum absolute atomic E-state index is 0.233. The lowest BCUT2D eigenvalue weighted by molar-refractivity contribution is -0.174. The highest BCUT2D eigenvalue weighted by molar-refractivity contribution is 5.75. The Morgan fingerprint density at radius 2 is 1.82 bits per heavy atom. The van der Waals surface area contributed by atoms with E-state index >= 15 is 0 Å². The highest BCUT2D eigenvalue weighted by atomic mass is 16.6. The predicted molar refractivity (Wildman–Crippen MR) is 79.2 cm³/mol. The molecule has 1 aliphatic heterocycles. The van der Waals surface area contributed by atoms with Crippen LogP contribution in [0.2, 0.25) is 0 Å². The normalized spacial score (nSPS) is 19.4. The summed E-state index contributed by atoms with van der Waals surface area (Å²) in [5, 5.41) is 0. The van der Waals surface area contributed by atoms with Gasteiger partial charge in [0.15, 0.2) is 12.2 Å². The summed E-state index contributed by atoms with van der Waals surface area (Å²) < 4.78 is 16.4. The maximum Gasteiger partial charge on any atom is 0.338 e. The van der Waals surface area contributed by atoms with Crippen LogP contribution in [0.25, 0.3) is 0 Å². The van der Waals surface area contributed by atoms with Crippen LogP contribution in [-0.4, -0.2) is 36.9 Å². The third-order valence-electron chi connectivity index (χ3n) is 3.42. The quantitative estimate of drug-likeness (QED) is 0.810. The van der Waals surface area contributed by atoms with Crippen molar-refractivity contribution in [2.75, 3.05) is 19.8 Å². The van der Waals surface area contributed by atoms with E-state index in [9.17, 15) is 4.79 Å². The highest BCUT2D eigenvalue weighted by Gasteiger charge is 2.28. The van der Waals surface area contributed by atoms with Crippen LogP contribution in [-0.2, 0) is 19.0 Å². The van der Waals surface area contributed by atoms with E-state index in [1.807, 2.05) is 42.5 Å². The van der Waals surface area contributed by atoms with Crippen LogP contribution < -0.4 is 0 Å². The molecule has 0 unspecified atom stereocenters.